The van der Waals surface area contributed by atoms with Crippen LogP contribution < -0.4 is 5.32 Å². The Balaban J connectivity index is 1.65. The molecule has 0 aliphatic rings. The largest absolute Gasteiger partial charge is 0.452 e. The number of halogens is 1. The van der Waals surface area contributed by atoms with E-state index in [9.17, 15) is 14.4 Å². The zero-order chi connectivity index (χ0) is 22.4. The molecule has 0 aliphatic carbocycles. The van der Waals surface area contributed by atoms with Gasteiger partial charge in [-0.1, -0.05) is 55.8 Å². The van der Waals surface area contributed by atoms with Gasteiger partial charge in [0.2, 0.25) is 0 Å². The molecule has 0 aliphatic heterocycles. The molecule has 0 saturated heterocycles. The predicted octanol–water partition coefficient (Wildman–Crippen LogP) is 5.49. The zero-order valence-electron chi connectivity index (χ0n) is 17.2. The van der Waals surface area contributed by atoms with Crippen LogP contribution in [0.25, 0.3) is 0 Å². The van der Waals surface area contributed by atoms with E-state index in [0.29, 0.717) is 22.2 Å². The fraction of sp³-hybridized carbons (Fsp3) is 0.160. The molecule has 0 spiro atoms. The molecule has 6 heteroatoms. The SMILES string of the molecule is CC(C)c1ccc(NC(=O)COC(=O)c2ccccc2C(=O)c2ccc(Cl)cc2)cc1. The normalized spacial score (nSPS) is 10.6. The first-order valence-corrected chi connectivity index (χ1v) is 10.2. The molecule has 1 N–H and O–H groups in total. The summed E-state index contributed by atoms with van der Waals surface area (Å²) in [4.78, 5) is 37.5. The molecule has 0 aromatic heterocycles. The first-order valence-electron chi connectivity index (χ1n) is 9.81. The summed E-state index contributed by atoms with van der Waals surface area (Å²) in [6, 6.07) is 20.2. The van der Waals surface area contributed by atoms with Crippen molar-refractivity contribution in [1.29, 1.82) is 0 Å². The number of ether oxygens (including phenoxy) is 1. The van der Waals surface area contributed by atoms with Crippen LogP contribution in [0.2, 0.25) is 5.02 Å². The van der Waals surface area contributed by atoms with Gasteiger partial charge in [-0.15, -0.1) is 0 Å². The van der Waals surface area contributed by atoms with E-state index in [1.807, 2.05) is 12.1 Å². The third-order valence-corrected chi connectivity index (χ3v) is 4.95. The minimum Gasteiger partial charge on any atom is -0.452 e. The van der Waals surface area contributed by atoms with Crippen LogP contribution in [0.15, 0.2) is 72.8 Å². The third-order valence-electron chi connectivity index (χ3n) is 4.69. The predicted molar refractivity (Wildman–Crippen MR) is 121 cm³/mol. The van der Waals surface area contributed by atoms with Crippen LogP contribution >= 0.6 is 11.6 Å². The number of nitrogens with one attached hydrogen (secondary N) is 1. The number of carbonyl (C=O) groups is 3. The average Bonchev–Trinajstić information content (AvgIpc) is 2.78. The van der Waals surface area contributed by atoms with Gasteiger partial charge in [0.05, 0.1) is 5.56 Å². The molecule has 31 heavy (non-hydrogen) atoms. The highest BCUT2D eigenvalue weighted by Crippen LogP contribution is 2.19. The molecule has 0 radical (unpaired) electrons. The Bertz CT molecular complexity index is 1090. The van der Waals surface area contributed by atoms with Gasteiger partial charge in [0, 0.05) is 21.8 Å². The summed E-state index contributed by atoms with van der Waals surface area (Å²) >= 11 is 5.87. The molecule has 3 aromatic rings. The van der Waals surface area contributed by atoms with Crippen molar-refractivity contribution in [3.63, 3.8) is 0 Å². The van der Waals surface area contributed by atoms with Crippen molar-refractivity contribution in [1.82, 2.24) is 0 Å². The molecule has 0 heterocycles. The zero-order valence-corrected chi connectivity index (χ0v) is 18.0. The van der Waals surface area contributed by atoms with E-state index in [1.165, 1.54) is 6.07 Å². The van der Waals surface area contributed by atoms with Crippen molar-refractivity contribution in [2.75, 3.05) is 11.9 Å². The van der Waals surface area contributed by atoms with Crippen LogP contribution in [0.4, 0.5) is 5.69 Å². The molecule has 3 rings (SSSR count). The van der Waals surface area contributed by atoms with Gasteiger partial charge in [0.1, 0.15) is 0 Å². The number of benzene rings is 3. The second kappa shape index (κ2) is 10.0. The lowest BCUT2D eigenvalue weighted by Crippen LogP contribution is -2.22. The first-order chi connectivity index (χ1) is 14.8. The van der Waals surface area contributed by atoms with Crippen molar-refractivity contribution in [2.24, 2.45) is 0 Å². The summed E-state index contributed by atoms with van der Waals surface area (Å²) in [6.45, 7) is 3.71. The molecule has 0 unspecified atom stereocenters. The number of hydrogen-bond acceptors (Lipinski definition) is 4. The van der Waals surface area contributed by atoms with Crippen LogP contribution in [-0.2, 0) is 9.53 Å². The molecule has 0 fully saturated rings. The highest BCUT2D eigenvalue weighted by molar-refractivity contribution is 6.30. The number of anilines is 1. The topological polar surface area (TPSA) is 72.5 Å². The lowest BCUT2D eigenvalue weighted by molar-refractivity contribution is -0.119. The Kier molecular flexibility index (Phi) is 7.21. The fourth-order valence-electron chi connectivity index (χ4n) is 2.97. The summed E-state index contributed by atoms with van der Waals surface area (Å²) in [6.07, 6.45) is 0. The van der Waals surface area contributed by atoms with E-state index < -0.39 is 18.5 Å². The molecule has 5 nitrogen and oxygen atoms in total. The Hall–Kier alpha value is -3.44. The van der Waals surface area contributed by atoms with Crippen molar-refractivity contribution in [2.45, 2.75) is 19.8 Å². The lowest BCUT2D eigenvalue weighted by Gasteiger charge is -2.10. The minimum atomic E-state index is -0.747. The van der Waals surface area contributed by atoms with Gasteiger partial charge >= 0.3 is 5.97 Å². The smallest absolute Gasteiger partial charge is 0.339 e. The Morgan fingerprint density at radius 3 is 2.10 bits per heavy atom. The molecule has 0 saturated carbocycles. The van der Waals surface area contributed by atoms with E-state index in [4.69, 9.17) is 16.3 Å². The number of esters is 1. The number of carbonyl (C=O) groups excluding carboxylic acids is 3. The van der Waals surface area contributed by atoms with Gasteiger partial charge in [-0.3, -0.25) is 9.59 Å². The second-order valence-corrected chi connectivity index (χ2v) is 7.72. The maximum atomic E-state index is 12.8. The van der Waals surface area contributed by atoms with Gasteiger partial charge in [0.15, 0.2) is 12.4 Å². The molecule has 3 aromatic carbocycles. The van der Waals surface area contributed by atoms with Crippen LogP contribution in [0, 0.1) is 0 Å². The molecule has 158 valence electrons. The van der Waals surface area contributed by atoms with Crippen LogP contribution in [0.1, 0.15) is 51.6 Å². The summed E-state index contributed by atoms with van der Waals surface area (Å²) in [5.41, 5.74) is 2.46. The number of rotatable bonds is 7. The molecule has 0 bridgehead atoms. The van der Waals surface area contributed by atoms with Gasteiger partial charge < -0.3 is 10.1 Å². The van der Waals surface area contributed by atoms with Gasteiger partial charge in [0.25, 0.3) is 5.91 Å². The van der Waals surface area contributed by atoms with E-state index in [1.54, 1.807) is 54.6 Å². The molecular formula is C25H22ClNO4. The average molecular weight is 436 g/mol. The van der Waals surface area contributed by atoms with Crippen LogP contribution in [0.3, 0.4) is 0 Å². The summed E-state index contributed by atoms with van der Waals surface area (Å²) in [7, 11) is 0. The monoisotopic (exact) mass is 435 g/mol. The number of hydrogen-bond donors (Lipinski definition) is 1. The highest BCUT2D eigenvalue weighted by Gasteiger charge is 2.20. The fourth-order valence-corrected chi connectivity index (χ4v) is 3.10. The van der Waals surface area contributed by atoms with E-state index in [2.05, 4.69) is 19.2 Å². The minimum absolute atomic E-state index is 0.0940. The van der Waals surface area contributed by atoms with Gasteiger partial charge in [-0.25, -0.2) is 4.79 Å². The van der Waals surface area contributed by atoms with Crippen molar-refractivity contribution in [3.8, 4) is 0 Å². The molecule has 0 atom stereocenters. The lowest BCUT2D eigenvalue weighted by atomic mass is 9.98. The van der Waals surface area contributed by atoms with Gasteiger partial charge in [-0.05, 0) is 53.9 Å². The highest BCUT2D eigenvalue weighted by atomic mass is 35.5. The number of amides is 1. The standard InChI is InChI=1S/C25H22ClNO4/c1-16(2)17-9-13-20(14-10-17)27-23(28)15-31-25(30)22-6-4-3-5-21(22)24(29)18-7-11-19(26)12-8-18/h3-14,16H,15H2,1-2H3,(H,27,28). The van der Waals surface area contributed by atoms with E-state index in [-0.39, 0.29) is 16.9 Å². The van der Waals surface area contributed by atoms with Crippen molar-refractivity contribution < 1.29 is 19.1 Å². The Morgan fingerprint density at radius 2 is 1.48 bits per heavy atom. The van der Waals surface area contributed by atoms with Crippen molar-refractivity contribution >= 4 is 34.9 Å². The van der Waals surface area contributed by atoms with Gasteiger partial charge in [-0.2, -0.15) is 0 Å². The maximum Gasteiger partial charge on any atom is 0.339 e. The summed E-state index contributed by atoms with van der Waals surface area (Å²) in [5.74, 6) is -1.16. The van der Waals surface area contributed by atoms with Crippen LogP contribution in [0.5, 0.6) is 0 Å². The van der Waals surface area contributed by atoms with Crippen LogP contribution in [-0.4, -0.2) is 24.3 Å². The Morgan fingerprint density at radius 1 is 0.871 bits per heavy atom. The summed E-state index contributed by atoms with van der Waals surface area (Å²) < 4.78 is 5.15. The van der Waals surface area contributed by atoms with E-state index in [0.717, 1.165) is 5.56 Å². The maximum absolute atomic E-state index is 12.8. The number of ketones is 1. The quantitative estimate of drug-likeness (QED) is 0.393. The first kappa shape index (κ1) is 22.2. The third kappa shape index (κ3) is 5.80. The van der Waals surface area contributed by atoms with Crippen molar-refractivity contribution in [3.05, 3.63) is 100 Å². The van der Waals surface area contributed by atoms with E-state index >= 15 is 0 Å². The molecule has 1 amide bonds. The molecular weight excluding hydrogens is 414 g/mol. The Labute approximate surface area is 186 Å². The summed E-state index contributed by atoms with van der Waals surface area (Å²) in [5, 5.41) is 3.20. The second-order valence-electron chi connectivity index (χ2n) is 7.28.